The van der Waals surface area contributed by atoms with Crippen molar-refractivity contribution in [1.82, 2.24) is 9.97 Å². The number of anilines is 2. The Hall–Kier alpha value is -1.32. The second-order valence-corrected chi connectivity index (χ2v) is 5.95. The Morgan fingerprint density at radius 3 is 2.53 bits per heavy atom. The van der Waals surface area contributed by atoms with Crippen LogP contribution in [0.3, 0.4) is 0 Å². The molecule has 4 nitrogen and oxygen atoms in total. The molecule has 4 heteroatoms. The molecule has 0 saturated heterocycles. The number of hydrogen-bond acceptors (Lipinski definition) is 4. The molecule has 104 valence electrons. The lowest BCUT2D eigenvalue weighted by atomic mass is 10.1. The molecule has 3 rings (SSSR count). The van der Waals surface area contributed by atoms with Crippen LogP contribution in [-0.4, -0.2) is 23.1 Å². The van der Waals surface area contributed by atoms with Crippen LogP contribution in [-0.2, 0) is 0 Å². The zero-order chi connectivity index (χ0) is 13.2. The summed E-state index contributed by atoms with van der Waals surface area (Å²) in [6.45, 7) is 2.25. The highest BCUT2D eigenvalue weighted by molar-refractivity contribution is 5.48. The minimum absolute atomic E-state index is 0.555. The maximum absolute atomic E-state index is 4.70. The normalized spacial score (nSPS) is 20.1. The molecule has 1 unspecified atom stereocenters. The van der Waals surface area contributed by atoms with Gasteiger partial charge in [0.05, 0.1) is 0 Å². The molecule has 2 fully saturated rings. The predicted octanol–water partition coefficient (Wildman–Crippen LogP) is 3.39. The molecule has 2 aliphatic carbocycles. The van der Waals surface area contributed by atoms with E-state index in [0.717, 1.165) is 29.8 Å². The van der Waals surface area contributed by atoms with Gasteiger partial charge in [-0.3, -0.25) is 0 Å². The largest absolute Gasteiger partial charge is 0.373 e. The minimum Gasteiger partial charge on any atom is -0.373 e. The van der Waals surface area contributed by atoms with Gasteiger partial charge in [-0.25, -0.2) is 9.97 Å². The Morgan fingerprint density at radius 2 is 1.95 bits per heavy atom. The van der Waals surface area contributed by atoms with Crippen LogP contribution in [0.15, 0.2) is 6.07 Å². The van der Waals surface area contributed by atoms with Crippen molar-refractivity contribution in [3.05, 3.63) is 11.9 Å². The molecule has 0 radical (unpaired) electrons. The van der Waals surface area contributed by atoms with E-state index in [0.29, 0.717) is 12.0 Å². The van der Waals surface area contributed by atoms with Gasteiger partial charge in [0.2, 0.25) is 0 Å². The first-order valence-corrected chi connectivity index (χ1v) is 7.61. The van der Waals surface area contributed by atoms with Gasteiger partial charge in [-0.05, 0) is 31.6 Å². The molecule has 0 aromatic carbocycles. The Balaban J connectivity index is 1.72. The maximum Gasteiger partial charge on any atom is 0.136 e. The molecule has 2 saturated carbocycles. The topological polar surface area (TPSA) is 49.8 Å². The van der Waals surface area contributed by atoms with Crippen molar-refractivity contribution >= 4 is 11.6 Å². The fraction of sp³-hybridized carbons (Fsp3) is 0.733. The quantitative estimate of drug-likeness (QED) is 0.789. The predicted molar refractivity (Wildman–Crippen MR) is 78.6 cm³/mol. The first kappa shape index (κ1) is 12.7. The van der Waals surface area contributed by atoms with Crippen molar-refractivity contribution < 1.29 is 0 Å². The van der Waals surface area contributed by atoms with Gasteiger partial charge in [0.25, 0.3) is 0 Å². The summed E-state index contributed by atoms with van der Waals surface area (Å²) in [6.07, 6.45) is 7.76. The molecular formula is C15H24N4. The van der Waals surface area contributed by atoms with E-state index in [1.54, 1.807) is 0 Å². The molecular weight excluding hydrogens is 236 g/mol. The summed E-state index contributed by atoms with van der Waals surface area (Å²) < 4.78 is 0. The Kier molecular flexibility index (Phi) is 3.58. The number of rotatable bonds is 7. The highest BCUT2D eigenvalue weighted by Crippen LogP contribution is 2.39. The van der Waals surface area contributed by atoms with Crippen LogP contribution in [0.25, 0.3) is 0 Å². The Bertz CT molecular complexity index is 438. The molecule has 2 N–H and O–H groups in total. The molecule has 2 aliphatic rings. The molecule has 1 atom stereocenters. The van der Waals surface area contributed by atoms with Gasteiger partial charge < -0.3 is 10.6 Å². The van der Waals surface area contributed by atoms with E-state index in [-0.39, 0.29) is 0 Å². The van der Waals surface area contributed by atoms with Crippen LogP contribution in [0.5, 0.6) is 0 Å². The monoisotopic (exact) mass is 260 g/mol. The lowest BCUT2D eigenvalue weighted by molar-refractivity contribution is 0.584. The van der Waals surface area contributed by atoms with E-state index in [4.69, 9.17) is 4.98 Å². The van der Waals surface area contributed by atoms with Crippen LogP contribution in [0.1, 0.15) is 57.2 Å². The minimum atomic E-state index is 0.555. The van der Waals surface area contributed by atoms with Gasteiger partial charge >= 0.3 is 0 Å². The fourth-order valence-corrected chi connectivity index (χ4v) is 2.48. The zero-order valence-electron chi connectivity index (χ0n) is 11.9. The summed E-state index contributed by atoms with van der Waals surface area (Å²) in [5, 5.41) is 6.75. The average molecular weight is 260 g/mol. The Morgan fingerprint density at radius 1 is 1.21 bits per heavy atom. The molecule has 19 heavy (non-hydrogen) atoms. The van der Waals surface area contributed by atoms with Crippen molar-refractivity contribution in [3.63, 3.8) is 0 Å². The van der Waals surface area contributed by atoms with E-state index in [1.165, 1.54) is 32.1 Å². The van der Waals surface area contributed by atoms with Crippen LogP contribution < -0.4 is 10.6 Å². The smallest absolute Gasteiger partial charge is 0.136 e. The highest BCUT2D eigenvalue weighted by atomic mass is 15.1. The maximum atomic E-state index is 4.70. The van der Waals surface area contributed by atoms with Gasteiger partial charge in [0, 0.05) is 25.1 Å². The molecule has 0 bridgehead atoms. The van der Waals surface area contributed by atoms with Gasteiger partial charge in [-0.15, -0.1) is 0 Å². The summed E-state index contributed by atoms with van der Waals surface area (Å²) in [5.41, 5.74) is 0. The average Bonchev–Trinajstić information content (AvgIpc) is 3.28. The van der Waals surface area contributed by atoms with Crippen molar-refractivity contribution in [2.45, 2.75) is 57.4 Å². The number of hydrogen-bond donors (Lipinski definition) is 2. The van der Waals surface area contributed by atoms with Gasteiger partial charge in [0.15, 0.2) is 0 Å². The van der Waals surface area contributed by atoms with Crippen molar-refractivity contribution in [1.29, 1.82) is 0 Å². The first-order chi connectivity index (χ1) is 9.28. The molecule has 0 spiro atoms. The summed E-state index contributed by atoms with van der Waals surface area (Å²) in [6, 6.07) is 2.58. The van der Waals surface area contributed by atoms with Gasteiger partial charge in [0.1, 0.15) is 17.5 Å². The summed E-state index contributed by atoms with van der Waals surface area (Å²) in [4.78, 5) is 9.25. The van der Waals surface area contributed by atoms with Gasteiger partial charge in [-0.1, -0.05) is 19.8 Å². The molecule has 0 aliphatic heterocycles. The van der Waals surface area contributed by atoms with E-state index in [1.807, 2.05) is 13.1 Å². The SMILES string of the molecule is CCC(CC1CC1)Nc1cc(NC)nc(C2CC2)n1. The van der Waals surface area contributed by atoms with E-state index >= 15 is 0 Å². The Labute approximate surface area is 115 Å². The lowest BCUT2D eigenvalue weighted by Crippen LogP contribution is -2.20. The van der Waals surface area contributed by atoms with E-state index in [9.17, 15) is 0 Å². The zero-order valence-corrected chi connectivity index (χ0v) is 11.9. The van der Waals surface area contributed by atoms with Crippen LogP contribution >= 0.6 is 0 Å². The van der Waals surface area contributed by atoms with Crippen LogP contribution in [0.4, 0.5) is 11.6 Å². The fourth-order valence-electron chi connectivity index (χ4n) is 2.48. The van der Waals surface area contributed by atoms with Crippen LogP contribution in [0.2, 0.25) is 0 Å². The number of nitrogens with one attached hydrogen (secondary N) is 2. The molecule has 1 heterocycles. The highest BCUT2D eigenvalue weighted by Gasteiger charge is 2.28. The second kappa shape index (κ2) is 5.35. The third-order valence-corrected chi connectivity index (χ3v) is 4.10. The number of aromatic nitrogens is 2. The number of nitrogens with zero attached hydrogens (tertiary/aromatic N) is 2. The van der Waals surface area contributed by atoms with Crippen molar-refractivity contribution in [2.24, 2.45) is 5.92 Å². The second-order valence-electron chi connectivity index (χ2n) is 5.95. The standard InChI is InChI=1S/C15H24N4/c1-3-12(8-10-4-5-10)17-14-9-13(16-2)18-15(19-14)11-6-7-11/h9-12H,3-8H2,1-2H3,(H2,16,17,18,19). The summed E-state index contributed by atoms with van der Waals surface area (Å²) in [7, 11) is 1.92. The molecule has 1 aromatic rings. The summed E-state index contributed by atoms with van der Waals surface area (Å²) >= 11 is 0. The molecule has 1 aromatic heterocycles. The molecule has 0 amide bonds. The van der Waals surface area contributed by atoms with E-state index < -0.39 is 0 Å². The van der Waals surface area contributed by atoms with Gasteiger partial charge in [-0.2, -0.15) is 0 Å². The summed E-state index contributed by atoms with van der Waals surface area (Å²) in [5.74, 6) is 4.48. The van der Waals surface area contributed by atoms with Crippen LogP contribution in [0, 0.1) is 5.92 Å². The van der Waals surface area contributed by atoms with Crippen molar-refractivity contribution in [2.75, 3.05) is 17.7 Å². The first-order valence-electron chi connectivity index (χ1n) is 7.61. The lowest BCUT2D eigenvalue weighted by Gasteiger charge is -2.18. The van der Waals surface area contributed by atoms with E-state index in [2.05, 4.69) is 22.5 Å². The third-order valence-electron chi connectivity index (χ3n) is 4.10. The van der Waals surface area contributed by atoms with Crippen molar-refractivity contribution in [3.8, 4) is 0 Å². The third kappa shape index (κ3) is 3.37.